The van der Waals surface area contributed by atoms with Gasteiger partial charge < -0.3 is 20.0 Å². The Bertz CT molecular complexity index is 1190. The van der Waals surface area contributed by atoms with Crippen LogP contribution in [0.15, 0.2) is 48.5 Å². The number of hydrogen-bond donors (Lipinski definition) is 2. The normalized spacial score (nSPS) is 15.1. The van der Waals surface area contributed by atoms with Crippen LogP contribution in [0.5, 0.6) is 0 Å². The number of piperidine rings is 1. The lowest BCUT2D eigenvalue weighted by Crippen LogP contribution is -2.52. The van der Waals surface area contributed by atoms with Crippen LogP contribution in [0.2, 0.25) is 0 Å². The molecule has 1 aromatic heterocycles. The Morgan fingerprint density at radius 3 is 2.41 bits per heavy atom. The van der Waals surface area contributed by atoms with Gasteiger partial charge in [0.05, 0.1) is 0 Å². The van der Waals surface area contributed by atoms with Gasteiger partial charge in [-0.1, -0.05) is 68.3 Å². The Kier molecular flexibility index (Phi) is 10.0. The lowest BCUT2D eigenvalue weighted by Gasteiger charge is -2.35. The van der Waals surface area contributed by atoms with E-state index in [1.54, 1.807) is 23.9 Å². The van der Waals surface area contributed by atoms with Crippen LogP contribution in [-0.4, -0.2) is 93.6 Å². The third-order valence-corrected chi connectivity index (χ3v) is 7.15. The Morgan fingerprint density at radius 2 is 1.77 bits per heavy atom. The number of carbonyl (C=O) groups excluding carboxylic acids is 2. The zero-order valence-corrected chi connectivity index (χ0v) is 23.3. The highest BCUT2D eigenvalue weighted by Gasteiger charge is 2.27. The van der Waals surface area contributed by atoms with Crippen LogP contribution in [0.4, 0.5) is 4.79 Å². The Hall–Kier alpha value is -3.79. The average molecular weight is 533 g/mol. The maximum Gasteiger partial charge on any atom is 0.320 e. The zero-order valence-electron chi connectivity index (χ0n) is 23.3. The van der Waals surface area contributed by atoms with Crippen molar-refractivity contribution in [1.82, 2.24) is 40.6 Å². The number of rotatable bonds is 11. The molecule has 1 aliphatic heterocycles. The summed E-state index contributed by atoms with van der Waals surface area (Å²) in [6.45, 7) is 4.82. The number of aromatic nitrogens is 4. The smallest absolute Gasteiger partial charge is 0.320 e. The van der Waals surface area contributed by atoms with Gasteiger partial charge in [-0.25, -0.2) is 4.79 Å². The van der Waals surface area contributed by atoms with Crippen LogP contribution < -0.4 is 5.32 Å². The van der Waals surface area contributed by atoms with Gasteiger partial charge in [-0.3, -0.25) is 4.79 Å². The number of carbonyl (C=O) groups is 2. The van der Waals surface area contributed by atoms with E-state index in [-0.39, 0.29) is 24.5 Å². The highest BCUT2D eigenvalue weighted by molar-refractivity contribution is 5.84. The standard InChI is InChI=1S/C29H40N8O2/c1-4-5-18-36(29(39)37(21-27(38)35(2)3)20-24-10-8-9-17-30-24)19-22-13-15-23(16-14-22)25-11-6-7-12-26(25)28-31-33-34-32-28/h6-7,11-16,24,30H,4-5,8-10,17-21H2,1-3H3,(H,31,32,33,34). The summed E-state index contributed by atoms with van der Waals surface area (Å²) in [6.07, 6.45) is 5.19. The maximum atomic E-state index is 13.9. The first kappa shape index (κ1) is 28.2. The minimum Gasteiger partial charge on any atom is -0.347 e. The number of nitrogens with zero attached hydrogens (tertiary/aromatic N) is 6. The monoisotopic (exact) mass is 532 g/mol. The van der Waals surface area contributed by atoms with Crippen molar-refractivity contribution >= 4 is 11.9 Å². The summed E-state index contributed by atoms with van der Waals surface area (Å²) in [4.78, 5) is 31.7. The fourth-order valence-electron chi connectivity index (χ4n) is 4.87. The fourth-order valence-corrected chi connectivity index (χ4v) is 4.87. The lowest BCUT2D eigenvalue weighted by molar-refractivity contribution is -0.129. The van der Waals surface area contributed by atoms with Crippen molar-refractivity contribution in [2.75, 3.05) is 40.3 Å². The summed E-state index contributed by atoms with van der Waals surface area (Å²) in [5.74, 6) is 0.477. The minimum absolute atomic E-state index is 0.0702. The molecule has 1 atom stereocenters. The van der Waals surface area contributed by atoms with Gasteiger partial charge in [0, 0.05) is 45.3 Å². The first-order valence-corrected chi connectivity index (χ1v) is 13.9. The van der Waals surface area contributed by atoms with Crippen molar-refractivity contribution in [3.05, 3.63) is 54.1 Å². The Morgan fingerprint density at radius 1 is 1.00 bits per heavy atom. The molecule has 2 aromatic carbocycles. The van der Waals surface area contributed by atoms with Crippen molar-refractivity contribution in [3.63, 3.8) is 0 Å². The van der Waals surface area contributed by atoms with Gasteiger partial charge in [-0.05, 0) is 47.7 Å². The molecule has 3 amide bonds. The van der Waals surface area contributed by atoms with Gasteiger partial charge >= 0.3 is 6.03 Å². The third kappa shape index (κ3) is 7.63. The van der Waals surface area contributed by atoms with Crippen molar-refractivity contribution in [3.8, 4) is 22.5 Å². The highest BCUT2D eigenvalue weighted by Crippen LogP contribution is 2.30. The first-order chi connectivity index (χ1) is 19.0. The van der Waals surface area contributed by atoms with Gasteiger partial charge in [0.15, 0.2) is 0 Å². The number of hydrogen-bond acceptors (Lipinski definition) is 6. The molecular weight excluding hydrogens is 492 g/mol. The molecule has 1 aliphatic rings. The van der Waals surface area contributed by atoms with E-state index in [1.165, 1.54) is 0 Å². The van der Waals surface area contributed by atoms with E-state index < -0.39 is 0 Å². The molecule has 2 N–H and O–H groups in total. The molecule has 3 aromatic rings. The quantitative estimate of drug-likeness (QED) is 0.389. The average Bonchev–Trinajstić information content (AvgIpc) is 3.50. The minimum atomic E-state index is -0.0856. The van der Waals surface area contributed by atoms with Crippen LogP contribution in [0, 0.1) is 0 Å². The van der Waals surface area contributed by atoms with Crippen molar-refractivity contribution < 1.29 is 9.59 Å². The Balaban J connectivity index is 1.52. The van der Waals surface area contributed by atoms with Crippen LogP contribution in [0.25, 0.3) is 22.5 Å². The molecule has 1 unspecified atom stereocenters. The van der Waals surface area contributed by atoms with Crippen LogP contribution >= 0.6 is 0 Å². The highest BCUT2D eigenvalue weighted by atomic mass is 16.2. The van der Waals surface area contributed by atoms with Gasteiger partial charge in [-0.2, -0.15) is 5.21 Å². The SMILES string of the molecule is CCCCN(Cc1ccc(-c2ccccc2-c2nn[nH]n2)cc1)C(=O)N(CC(=O)N(C)C)CC1CCCCN1. The second kappa shape index (κ2) is 13.8. The number of nitrogens with one attached hydrogen (secondary N) is 2. The summed E-state index contributed by atoms with van der Waals surface area (Å²) in [6, 6.07) is 16.3. The number of unbranched alkanes of at least 4 members (excludes halogenated alkanes) is 1. The van der Waals surface area contributed by atoms with Crippen molar-refractivity contribution in [2.45, 2.75) is 51.6 Å². The van der Waals surface area contributed by atoms with E-state index in [4.69, 9.17) is 0 Å². The molecule has 0 aliphatic carbocycles. The summed E-state index contributed by atoms with van der Waals surface area (Å²) in [7, 11) is 3.47. The molecule has 0 saturated carbocycles. The molecule has 2 heterocycles. The van der Waals surface area contributed by atoms with E-state index in [0.717, 1.165) is 60.9 Å². The van der Waals surface area contributed by atoms with Gasteiger partial charge in [-0.15, -0.1) is 10.2 Å². The second-order valence-electron chi connectivity index (χ2n) is 10.4. The number of amides is 3. The number of benzene rings is 2. The molecular formula is C29H40N8O2. The van der Waals surface area contributed by atoms with E-state index in [0.29, 0.717) is 25.5 Å². The van der Waals surface area contributed by atoms with E-state index >= 15 is 0 Å². The van der Waals surface area contributed by atoms with Gasteiger partial charge in [0.2, 0.25) is 11.7 Å². The Labute approximate surface area is 230 Å². The summed E-state index contributed by atoms with van der Waals surface area (Å²) in [5, 5.41) is 18.0. The first-order valence-electron chi connectivity index (χ1n) is 13.9. The molecule has 10 heteroatoms. The predicted octanol–water partition coefficient (Wildman–Crippen LogP) is 3.79. The zero-order chi connectivity index (χ0) is 27.6. The van der Waals surface area contributed by atoms with Crippen LogP contribution in [0.3, 0.4) is 0 Å². The number of aromatic amines is 1. The third-order valence-electron chi connectivity index (χ3n) is 7.15. The fraction of sp³-hybridized carbons (Fsp3) is 0.483. The lowest BCUT2D eigenvalue weighted by atomic mass is 9.98. The molecule has 4 rings (SSSR count). The van der Waals surface area contributed by atoms with Crippen LogP contribution in [0.1, 0.15) is 44.6 Å². The second-order valence-corrected chi connectivity index (χ2v) is 10.4. The van der Waals surface area contributed by atoms with Crippen molar-refractivity contribution in [1.29, 1.82) is 0 Å². The van der Waals surface area contributed by atoms with Crippen molar-refractivity contribution in [2.24, 2.45) is 0 Å². The summed E-state index contributed by atoms with van der Waals surface area (Å²) < 4.78 is 0. The van der Waals surface area contributed by atoms with E-state index in [9.17, 15) is 9.59 Å². The summed E-state index contributed by atoms with van der Waals surface area (Å²) in [5.41, 5.74) is 3.98. The number of urea groups is 1. The topological polar surface area (TPSA) is 110 Å². The molecule has 10 nitrogen and oxygen atoms in total. The molecule has 0 radical (unpaired) electrons. The molecule has 208 valence electrons. The largest absolute Gasteiger partial charge is 0.347 e. The molecule has 1 fully saturated rings. The van der Waals surface area contributed by atoms with E-state index in [1.807, 2.05) is 29.2 Å². The maximum absolute atomic E-state index is 13.9. The van der Waals surface area contributed by atoms with Crippen LogP contribution in [-0.2, 0) is 11.3 Å². The molecule has 0 bridgehead atoms. The van der Waals surface area contributed by atoms with Gasteiger partial charge in [0.1, 0.15) is 6.54 Å². The number of H-pyrrole nitrogens is 1. The van der Waals surface area contributed by atoms with E-state index in [2.05, 4.69) is 57.1 Å². The predicted molar refractivity (Wildman–Crippen MR) is 152 cm³/mol. The number of tetrazole rings is 1. The van der Waals surface area contributed by atoms with Gasteiger partial charge in [0.25, 0.3) is 0 Å². The number of likely N-dealkylation sites (N-methyl/N-ethyl adjacent to an activating group) is 1. The molecule has 1 saturated heterocycles. The molecule has 39 heavy (non-hydrogen) atoms. The molecule has 0 spiro atoms. The summed E-state index contributed by atoms with van der Waals surface area (Å²) >= 11 is 0.